The fourth-order valence-corrected chi connectivity index (χ4v) is 3.14. The van der Waals surface area contributed by atoms with Gasteiger partial charge >= 0.3 is 5.97 Å². The van der Waals surface area contributed by atoms with Crippen molar-refractivity contribution in [2.75, 3.05) is 13.2 Å². The van der Waals surface area contributed by atoms with Gasteiger partial charge in [-0.05, 0) is 35.7 Å². The summed E-state index contributed by atoms with van der Waals surface area (Å²) >= 11 is 0. The number of esters is 1. The number of rotatable bonds is 3. The van der Waals surface area contributed by atoms with Gasteiger partial charge in [0.1, 0.15) is 30.8 Å². The molecule has 138 valence electrons. The van der Waals surface area contributed by atoms with E-state index in [0.29, 0.717) is 59.0 Å². The number of hydrogen-bond acceptors (Lipinski definition) is 6. The minimum Gasteiger partial charge on any atom is -0.486 e. The van der Waals surface area contributed by atoms with Crippen molar-refractivity contribution in [3.05, 3.63) is 52.4 Å². The predicted molar refractivity (Wildman–Crippen MR) is 99.6 cm³/mol. The van der Waals surface area contributed by atoms with Gasteiger partial charge in [0.15, 0.2) is 11.5 Å². The topological polar surface area (TPSA) is 75.0 Å². The molecule has 4 rings (SSSR count). The Morgan fingerprint density at radius 1 is 1.11 bits per heavy atom. The Morgan fingerprint density at radius 3 is 2.63 bits per heavy atom. The summed E-state index contributed by atoms with van der Waals surface area (Å²) in [7, 11) is 0. The van der Waals surface area contributed by atoms with Crippen LogP contribution in [0.2, 0.25) is 0 Å². The molecule has 0 atom stereocenters. The summed E-state index contributed by atoms with van der Waals surface area (Å²) in [5.41, 5.74) is 2.11. The van der Waals surface area contributed by atoms with E-state index in [1.54, 1.807) is 30.3 Å². The van der Waals surface area contributed by atoms with Gasteiger partial charge in [0.25, 0.3) is 0 Å². The van der Waals surface area contributed by atoms with Crippen LogP contribution in [0.1, 0.15) is 19.4 Å². The first-order chi connectivity index (χ1) is 13.1. The Morgan fingerprint density at radius 2 is 1.89 bits per heavy atom. The van der Waals surface area contributed by atoms with Gasteiger partial charge in [-0.1, -0.05) is 13.0 Å². The smallest absolute Gasteiger partial charge is 0.308 e. The van der Waals surface area contributed by atoms with Crippen molar-refractivity contribution < 1.29 is 23.4 Å². The highest BCUT2D eigenvalue weighted by molar-refractivity contribution is 5.85. The van der Waals surface area contributed by atoms with E-state index in [1.807, 2.05) is 6.92 Å². The molecule has 0 amide bonds. The number of carbonyl (C=O) groups excluding carboxylic acids is 1. The maximum atomic E-state index is 13.1. The molecule has 0 saturated carbocycles. The van der Waals surface area contributed by atoms with Crippen LogP contribution in [-0.2, 0) is 11.2 Å². The average Bonchev–Trinajstić information content (AvgIpc) is 2.67. The van der Waals surface area contributed by atoms with Crippen molar-refractivity contribution in [2.24, 2.45) is 0 Å². The maximum Gasteiger partial charge on any atom is 0.308 e. The summed E-state index contributed by atoms with van der Waals surface area (Å²) in [6.45, 7) is 4.25. The molecule has 0 unspecified atom stereocenters. The van der Waals surface area contributed by atoms with E-state index >= 15 is 0 Å². The number of carbonyl (C=O) groups is 1. The Labute approximate surface area is 155 Å². The van der Waals surface area contributed by atoms with E-state index in [0.717, 1.165) is 5.56 Å². The van der Waals surface area contributed by atoms with Crippen LogP contribution < -0.4 is 19.6 Å². The zero-order valence-electron chi connectivity index (χ0n) is 15.0. The molecule has 1 aliphatic rings. The third kappa shape index (κ3) is 3.14. The maximum absolute atomic E-state index is 13.1. The fourth-order valence-electron chi connectivity index (χ4n) is 3.14. The highest BCUT2D eigenvalue weighted by Crippen LogP contribution is 2.34. The quantitative estimate of drug-likeness (QED) is 0.519. The molecule has 0 radical (unpaired) electrons. The molecule has 0 aliphatic carbocycles. The van der Waals surface area contributed by atoms with Crippen LogP contribution in [0.4, 0.5) is 0 Å². The monoisotopic (exact) mass is 366 g/mol. The third-order valence-electron chi connectivity index (χ3n) is 4.44. The van der Waals surface area contributed by atoms with Crippen molar-refractivity contribution in [1.29, 1.82) is 0 Å². The average molecular weight is 366 g/mol. The Kier molecular flexibility index (Phi) is 4.32. The second-order valence-corrected chi connectivity index (χ2v) is 6.24. The van der Waals surface area contributed by atoms with Gasteiger partial charge in [-0.15, -0.1) is 0 Å². The van der Waals surface area contributed by atoms with E-state index in [1.165, 1.54) is 13.2 Å². The van der Waals surface area contributed by atoms with Gasteiger partial charge in [0.2, 0.25) is 5.43 Å². The standard InChI is InChI=1S/C21H18O6/c1-3-13-8-15-19(10-18(13)27-12(2)22)26-11-16(21(15)23)14-4-5-17-20(9-14)25-7-6-24-17/h4-5,8-11H,3,6-7H2,1-2H3. The Bertz CT molecular complexity index is 1100. The van der Waals surface area contributed by atoms with Gasteiger partial charge in [-0.25, -0.2) is 0 Å². The van der Waals surface area contributed by atoms with E-state index < -0.39 is 5.97 Å². The zero-order chi connectivity index (χ0) is 19.0. The number of hydrogen-bond donors (Lipinski definition) is 0. The van der Waals surface area contributed by atoms with Crippen LogP contribution >= 0.6 is 0 Å². The molecule has 0 spiro atoms. The summed E-state index contributed by atoms with van der Waals surface area (Å²) in [5, 5.41) is 0.440. The van der Waals surface area contributed by atoms with E-state index in [4.69, 9.17) is 18.6 Å². The highest BCUT2D eigenvalue weighted by atomic mass is 16.6. The van der Waals surface area contributed by atoms with Crippen LogP contribution in [0.15, 0.2) is 45.8 Å². The van der Waals surface area contributed by atoms with Gasteiger partial charge in [-0.2, -0.15) is 0 Å². The van der Waals surface area contributed by atoms with E-state index in [-0.39, 0.29) is 5.43 Å². The lowest BCUT2D eigenvalue weighted by atomic mass is 10.0. The molecule has 2 aromatic carbocycles. The summed E-state index contributed by atoms with van der Waals surface area (Å²) in [6.07, 6.45) is 2.03. The Balaban J connectivity index is 1.85. The van der Waals surface area contributed by atoms with Crippen LogP contribution in [0.5, 0.6) is 17.2 Å². The predicted octanol–water partition coefficient (Wildman–Crippen LogP) is 3.72. The summed E-state index contributed by atoms with van der Waals surface area (Å²) in [5.74, 6) is 1.26. The summed E-state index contributed by atoms with van der Waals surface area (Å²) < 4.78 is 22.0. The molecule has 6 nitrogen and oxygen atoms in total. The SMILES string of the molecule is CCc1cc2c(=O)c(-c3ccc4c(c3)OCCO4)coc2cc1OC(C)=O. The number of aryl methyl sites for hydroxylation is 1. The molecule has 1 aliphatic heterocycles. The summed E-state index contributed by atoms with van der Waals surface area (Å²) in [4.78, 5) is 24.4. The normalized spacial score (nSPS) is 12.8. The molecule has 0 bridgehead atoms. The minimum atomic E-state index is -0.417. The molecule has 6 heteroatoms. The first kappa shape index (κ1) is 17.1. The first-order valence-corrected chi connectivity index (χ1v) is 8.73. The lowest BCUT2D eigenvalue weighted by Crippen LogP contribution is -2.15. The minimum absolute atomic E-state index is 0.156. The van der Waals surface area contributed by atoms with Crippen LogP contribution in [0, 0.1) is 0 Å². The molecule has 27 heavy (non-hydrogen) atoms. The molecule has 2 heterocycles. The number of ether oxygens (including phenoxy) is 3. The molecule has 0 fully saturated rings. The van der Waals surface area contributed by atoms with Crippen molar-refractivity contribution in [3.8, 4) is 28.4 Å². The number of fused-ring (bicyclic) bond motifs is 2. The second kappa shape index (κ2) is 6.79. The van der Waals surface area contributed by atoms with Crippen LogP contribution in [0.25, 0.3) is 22.1 Å². The van der Waals surface area contributed by atoms with Gasteiger partial charge in [-0.3, -0.25) is 9.59 Å². The van der Waals surface area contributed by atoms with Crippen molar-refractivity contribution in [2.45, 2.75) is 20.3 Å². The van der Waals surface area contributed by atoms with E-state index in [9.17, 15) is 9.59 Å². The largest absolute Gasteiger partial charge is 0.486 e. The van der Waals surface area contributed by atoms with E-state index in [2.05, 4.69) is 0 Å². The molecule has 3 aromatic rings. The lowest BCUT2D eigenvalue weighted by Gasteiger charge is -2.18. The van der Waals surface area contributed by atoms with Crippen molar-refractivity contribution in [1.82, 2.24) is 0 Å². The van der Waals surface area contributed by atoms with Crippen molar-refractivity contribution in [3.63, 3.8) is 0 Å². The number of benzene rings is 2. The molecule has 0 saturated heterocycles. The highest BCUT2D eigenvalue weighted by Gasteiger charge is 2.17. The Hall–Kier alpha value is -3.28. The molecular weight excluding hydrogens is 348 g/mol. The zero-order valence-corrected chi connectivity index (χ0v) is 15.0. The second-order valence-electron chi connectivity index (χ2n) is 6.24. The molecule has 1 aromatic heterocycles. The van der Waals surface area contributed by atoms with Crippen molar-refractivity contribution >= 4 is 16.9 Å². The van der Waals surface area contributed by atoms with Gasteiger partial charge in [0, 0.05) is 13.0 Å². The molecular formula is C21H18O6. The van der Waals surface area contributed by atoms with Crippen LogP contribution in [-0.4, -0.2) is 19.2 Å². The van der Waals surface area contributed by atoms with Gasteiger partial charge in [0.05, 0.1) is 10.9 Å². The summed E-state index contributed by atoms with van der Waals surface area (Å²) in [6, 6.07) is 8.68. The van der Waals surface area contributed by atoms with Gasteiger partial charge < -0.3 is 18.6 Å². The fraction of sp³-hybridized carbons (Fsp3) is 0.238. The third-order valence-corrected chi connectivity index (χ3v) is 4.44. The lowest BCUT2D eigenvalue weighted by molar-refractivity contribution is -0.131. The first-order valence-electron chi connectivity index (χ1n) is 8.73. The van der Waals surface area contributed by atoms with Crippen LogP contribution in [0.3, 0.4) is 0 Å². The molecule has 0 N–H and O–H groups in total.